The van der Waals surface area contributed by atoms with Crippen molar-refractivity contribution < 1.29 is 0 Å². The summed E-state index contributed by atoms with van der Waals surface area (Å²) in [5.74, 6) is 0. The number of halogens is 2. The molecule has 0 spiro atoms. The molecule has 0 radical (unpaired) electrons. The standard InChI is InChI=1S/C12H12I2/c1-3-11(13)9-7-5-6-8-10(9)12(14)4-2/h3-8,11-12H,1-2H2. The van der Waals surface area contributed by atoms with Gasteiger partial charge in [-0.25, -0.2) is 0 Å². The first kappa shape index (κ1) is 12.2. The minimum absolute atomic E-state index is 0.376. The van der Waals surface area contributed by atoms with E-state index in [2.05, 4.69) is 82.6 Å². The maximum Gasteiger partial charge on any atom is 0.0539 e. The van der Waals surface area contributed by atoms with Crippen LogP contribution in [-0.4, -0.2) is 0 Å². The lowest BCUT2D eigenvalue weighted by Crippen LogP contribution is -1.95. The van der Waals surface area contributed by atoms with Crippen LogP contribution in [0.5, 0.6) is 0 Å². The Morgan fingerprint density at radius 1 is 0.929 bits per heavy atom. The van der Waals surface area contributed by atoms with Crippen molar-refractivity contribution in [3.8, 4) is 0 Å². The molecule has 14 heavy (non-hydrogen) atoms. The van der Waals surface area contributed by atoms with Crippen LogP contribution < -0.4 is 0 Å². The zero-order valence-electron chi connectivity index (χ0n) is 7.79. The van der Waals surface area contributed by atoms with Crippen molar-refractivity contribution in [1.82, 2.24) is 0 Å². The first-order valence-electron chi connectivity index (χ1n) is 4.32. The summed E-state index contributed by atoms with van der Waals surface area (Å²) < 4.78 is 0.752. The molecule has 0 amide bonds. The lowest BCUT2D eigenvalue weighted by atomic mass is 10.0. The number of hydrogen-bond donors (Lipinski definition) is 0. The number of alkyl halides is 2. The molecule has 0 aliphatic rings. The van der Waals surface area contributed by atoms with Crippen molar-refractivity contribution in [2.45, 2.75) is 7.85 Å². The number of allylic oxidation sites excluding steroid dienone is 2. The van der Waals surface area contributed by atoms with Crippen LogP contribution in [-0.2, 0) is 0 Å². The van der Waals surface area contributed by atoms with E-state index in [9.17, 15) is 0 Å². The van der Waals surface area contributed by atoms with Crippen LogP contribution in [0.2, 0.25) is 0 Å². The van der Waals surface area contributed by atoms with Crippen molar-refractivity contribution in [1.29, 1.82) is 0 Å². The molecule has 2 unspecified atom stereocenters. The molecule has 0 aliphatic carbocycles. The number of benzene rings is 1. The van der Waals surface area contributed by atoms with E-state index >= 15 is 0 Å². The summed E-state index contributed by atoms with van der Waals surface area (Å²) in [7, 11) is 0. The van der Waals surface area contributed by atoms with Crippen molar-refractivity contribution in [2.24, 2.45) is 0 Å². The lowest BCUT2D eigenvalue weighted by Gasteiger charge is -2.14. The van der Waals surface area contributed by atoms with Gasteiger partial charge >= 0.3 is 0 Å². The van der Waals surface area contributed by atoms with Crippen LogP contribution in [0, 0.1) is 0 Å². The molecular weight excluding hydrogens is 398 g/mol. The zero-order chi connectivity index (χ0) is 10.6. The molecule has 1 rings (SSSR count). The first-order valence-corrected chi connectivity index (χ1v) is 6.82. The molecule has 0 aliphatic heterocycles. The van der Waals surface area contributed by atoms with Gasteiger partial charge in [0.25, 0.3) is 0 Å². The highest BCUT2D eigenvalue weighted by Crippen LogP contribution is 2.34. The molecule has 74 valence electrons. The number of rotatable bonds is 4. The summed E-state index contributed by atoms with van der Waals surface area (Å²) >= 11 is 4.78. The van der Waals surface area contributed by atoms with E-state index in [1.807, 2.05) is 12.2 Å². The number of hydrogen-bond acceptors (Lipinski definition) is 0. The minimum atomic E-state index is 0.376. The first-order chi connectivity index (χ1) is 6.70. The smallest absolute Gasteiger partial charge is 0.0539 e. The average Bonchev–Trinajstić information content (AvgIpc) is 2.27. The Morgan fingerprint density at radius 3 is 1.57 bits per heavy atom. The minimum Gasteiger partial charge on any atom is -0.102 e. The third kappa shape index (κ3) is 2.82. The normalized spacial score (nSPS) is 14.4. The van der Waals surface area contributed by atoms with Crippen LogP contribution in [0.15, 0.2) is 49.6 Å². The predicted octanol–water partition coefficient (Wildman–Crippen LogP) is 5.01. The van der Waals surface area contributed by atoms with E-state index in [1.165, 1.54) is 11.1 Å². The van der Waals surface area contributed by atoms with E-state index in [1.54, 1.807) is 0 Å². The van der Waals surface area contributed by atoms with Crippen LogP contribution in [0.4, 0.5) is 0 Å². The average molecular weight is 410 g/mol. The molecule has 2 atom stereocenters. The Labute approximate surface area is 113 Å². The van der Waals surface area contributed by atoms with Crippen LogP contribution in [0.1, 0.15) is 19.0 Å². The largest absolute Gasteiger partial charge is 0.102 e. The summed E-state index contributed by atoms with van der Waals surface area (Å²) in [5.41, 5.74) is 2.67. The van der Waals surface area contributed by atoms with Gasteiger partial charge in [-0.3, -0.25) is 0 Å². The van der Waals surface area contributed by atoms with E-state index in [0.29, 0.717) is 7.85 Å². The molecule has 2 heteroatoms. The van der Waals surface area contributed by atoms with Gasteiger partial charge in [-0.05, 0) is 11.1 Å². The van der Waals surface area contributed by atoms with Gasteiger partial charge in [0.15, 0.2) is 0 Å². The van der Waals surface area contributed by atoms with Crippen molar-refractivity contribution in [2.75, 3.05) is 0 Å². The van der Waals surface area contributed by atoms with Gasteiger partial charge in [0, 0.05) is 0 Å². The van der Waals surface area contributed by atoms with Crippen LogP contribution in [0.25, 0.3) is 0 Å². The fraction of sp³-hybridized carbons (Fsp3) is 0.167. The molecule has 0 bridgehead atoms. The summed E-state index contributed by atoms with van der Waals surface area (Å²) in [6.45, 7) is 7.65. The van der Waals surface area contributed by atoms with Crippen molar-refractivity contribution >= 4 is 45.2 Å². The third-order valence-corrected chi connectivity index (χ3v) is 4.36. The summed E-state index contributed by atoms with van der Waals surface area (Å²) in [6.07, 6.45) is 3.93. The maximum atomic E-state index is 3.83. The monoisotopic (exact) mass is 410 g/mol. The molecule has 0 saturated carbocycles. The van der Waals surface area contributed by atoms with Gasteiger partial charge in [-0.2, -0.15) is 0 Å². The van der Waals surface area contributed by atoms with E-state index in [0.717, 1.165) is 0 Å². The molecule has 1 aromatic carbocycles. The second-order valence-corrected chi connectivity index (χ2v) is 5.59. The Balaban J connectivity index is 3.14. The third-order valence-electron chi connectivity index (χ3n) is 2.00. The molecule has 1 aromatic rings. The molecule has 0 heterocycles. The van der Waals surface area contributed by atoms with Gasteiger partial charge in [0.1, 0.15) is 0 Å². The Kier molecular flexibility index (Phi) is 5.15. The van der Waals surface area contributed by atoms with Gasteiger partial charge in [0.2, 0.25) is 0 Å². The van der Waals surface area contributed by atoms with Gasteiger partial charge in [-0.1, -0.05) is 81.6 Å². The van der Waals surface area contributed by atoms with E-state index in [4.69, 9.17) is 0 Å². The zero-order valence-corrected chi connectivity index (χ0v) is 12.1. The summed E-state index contributed by atoms with van der Waals surface area (Å²) in [6, 6.07) is 8.45. The Morgan fingerprint density at radius 2 is 1.29 bits per heavy atom. The van der Waals surface area contributed by atoms with E-state index in [-0.39, 0.29) is 0 Å². The molecular formula is C12H12I2. The molecule has 0 N–H and O–H groups in total. The van der Waals surface area contributed by atoms with Crippen molar-refractivity contribution in [3.05, 3.63) is 60.7 Å². The maximum absolute atomic E-state index is 3.83. The highest BCUT2D eigenvalue weighted by molar-refractivity contribution is 14.1. The molecule has 0 fully saturated rings. The summed E-state index contributed by atoms with van der Waals surface area (Å²) in [5, 5.41) is 0. The lowest BCUT2D eigenvalue weighted by molar-refractivity contribution is 1.16. The van der Waals surface area contributed by atoms with Crippen LogP contribution >= 0.6 is 45.2 Å². The van der Waals surface area contributed by atoms with Crippen molar-refractivity contribution in [3.63, 3.8) is 0 Å². The second-order valence-electron chi connectivity index (χ2n) is 2.90. The predicted molar refractivity (Wildman–Crippen MR) is 80.4 cm³/mol. The molecule has 0 aromatic heterocycles. The van der Waals surface area contributed by atoms with Gasteiger partial charge in [-0.15, -0.1) is 13.2 Å². The fourth-order valence-corrected chi connectivity index (χ4v) is 2.40. The Hall–Kier alpha value is 0.160. The second kappa shape index (κ2) is 5.90. The van der Waals surface area contributed by atoms with Gasteiger partial charge in [0.05, 0.1) is 7.85 Å². The fourth-order valence-electron chi connectivity index (χ4n) is 1.27. The SMILES string of the molecule is C=CC(I)c1ccccc1C(I)C=C. The quantitative estimate of drug-likeness (QED) is 0.372. The highest BCUT2D eigenvalue weighted by atomic mass is 127. The highest BCUT2D eigenvalue weighted by Gasteiger charge is 2.12. The topological polar surface area (TPSA) is 0 Å². The Bertz CT molecular complexity index is 298. The van der Waals surface area contributed by atoms with E-state index < -0.39 is 0 Å². The van der Waals surface area contributed by atoms with Gasteiger partial charge < -0.3 is 0 Å². The van der Waals surface area contributed by atoms with Crippen LogP contribution in [0.3, 0.4) is 0 Å². The molecule has 0 nitrogen and oxygen atoms in total. The molecule has 0 saturated heterocycles. The summed E-state index contributed by atoms with van der Waals surface area (Å²) in [4.78, 5) is 0.